The molecule has 0 aromatic rings. The van der Waals surface area contributed by atoms with Gasteiger partial charge < -0.3 is 5.11 Å². The van der Waals surface area contributed by atoms with Crippen LogP contribution in [0.15, 0.2) is 24.3 Å². The van der Waals surface area contributed by atoms with Crippen molar-refractivity contribution >= 4 is 17.7 Å². The molecule has 0 spiro atoms. The molecule has 2 nitrogen and oxygen atoms in total. The van der Waals surface area contributed by atoms with E-state index in [1.165, 1.54) is 37.4 Å². The Kier molecular flexibility index (Phi) is 10.7. The van der Waals surface area contributed by atoms with E-state index in [0.29, 0.717) is 0 Å². The Bertz CT molecular complexity index is 293. The van der Waals surface area contributed by atoms with Crippen LogP contribution in [0.4, 0.5) is 0 Å². The van der Waals surface area contributed by atoms with Crippen molar-refractivity contribution in [1.29, 1.82) is 0 Å². The first kappa shape index (κ1) is 18.3. The van der Waals surface area contributed by atoms with Gasteiger partial charge in [0, 0.05) is 0 Å². The normalized spacial score (nSPS) is 12.6. The average molecular weight is 284 g/mol. The van der Waals surface area contributed by atoms with Crippen molar-refractivity contribution in [3.05, 3.63) is 24.3 Å². The van der Waals surface area contributed by atoms with Gasteiger partial charge in [-0.15, -0.1) is 11.8 Å². The maximum Gasteiger partial charge on any atom is 0.319 e. The number of aliphatic carboxylic acids is 1. The number of allylic oxidation sites excluding steroid dienone is 4. The van der Waals surface area contributed by atoms with Crippen LogP contribution in [0.1, 0.15) is 59.3 Å². The van der Waals surface area contributed by atoms with Gasteiger partial charge in [-0.25, -0.2) is 0 Å². The molecule has 0 aliphatic carbocycles. The third kappa shape index (κ3) is 10.9. The van der Waals surface area contributed by atoms with Crippen molar-refractivity contribution in [3.63, 3.8) is 0 Å². The van der Waals surface area contributed by atoms with E-state index in [4.69, 9.17) is 5.11 Å². The van der Waals surface area contributed by atoms with Crippen LogP contribution in [0, 0.1) is 0 Å². The summed E-state index contributed by atoms with van der Waals surface area (Å²) in [6.07, 6.45) is 15.7. The maximum absolute atomic E-state index is 10.9. The highest BCUT2D eigenvalue weighted by atomic mass is 32.2. The van der Waals surface area contributed by atoms with E-state index in [0.717, 1.165) is 18.6 Å². The highest BCUT2D eigenvalue weighted by Crippen LogP contribution is 2.25. The largest absolute Gasteiger partial charge is 0.480 e. The number of thioether (sulfide) groups is 1. The quantitative estimate of drug-likeness (QED) is 0.426. The van der Waals surface area contributed by atoms with E-state index in [9.17, 15) is 4.79 Å². The van der Waals surface area contributed by atoms with Crippen LogP contribution in [-0.4, -0.2) is 21.6 Å². The fourth-order valence-electron chi connectivity index (χ4n) is 1.46. The lowest BCUT2D eigenvalue weighted by molar-refractivity contribution is -0.138. The van der Waals surface area contributed by atoms with E-state index in [-0.39, 0.29) is 0 Å². The van der Waals surface area contributed by atoms with Gasteiger partial charge in [0.1, 0.15) is 4.75 Å². The van der Waals surface area contributed by atoms with Crippen LogP contribution in [0.3, 0.4) is 0 Å². The molecule has 19 heavy (non-hydrogen) atoms. The van der Waals surface area contributed by atoms with Gasteiger partial charge in [0.2, 0.25) is 0 Å². The Hall–Kier alpha value is -0.700. The monoisotopic (exact) mass is 284 g/mol. The van der Waals surface area contributed by atoms with Crippen molar-refractivity contribution in [1.82, 2.24) is 0 Å². The average Bonchev–Trinajstić information content (AvgIpc) is 2.35. The number of carboxylic acids is 1. The molecule has 0 fully saturated rings. The second-order valence-corrected chi connectivity index (χ2v) is 6.84. The lowest BCUT2D eigenvalue weighted by Gasteiger charge is -2.17. The van der Waals surface area contributed by atoms with E-state index in [1.807, 2.05) is 0 Å². The summed E-state index contributed by atoms with van der Waals surface area (Å²) in [5.74, 6) is 0.118. The molecule has 0 amide bonds. The minimum absolute atomic E-state index is 0.674. The highest BCUT2D eigenvalue weighted by molar-refractivity contribution is 8.01. The number of carboxylic acid groups (broad SMARTS) is 1. The SMILES string of the molecule is CCCCC/C=C\C/C=C\CCSC(C)(C)C(=O)O. The number of hydrogen-bond acceptors (Lipinski definition) is 2. The third-order valence-electron chi connectivity index (χ3n) is 2.84. The molecular weight excluding hydrogens is 256 g/mol. The lowest BCUT2D eigenvalue weighted by Crippen LogP contribution is -2.27. The van der Waals surface area contributed by atoms with Crippen molar-refractivity contribution in [2.45, 2.75) is 64.0 Å². The molecule has 0 saturated carbocycles. The molecule has 110 valence electrons. The first-order valence-corrected chi connectivity index (χ1v) is 8.16. The number of carbonyl (C=O) groups is 1. The molecule has 0 aromatic carbocycles. The summed E-state index contributed by atoms with van der Waals surface area (Å²) in [6.45, 7) is 5.72. The molecule has 1 N–H and O–H groups in total. The maximum atomic E-state index is 10.9. The van der Waals surface area contributed by atoms with Gasteiger partial charge >= 0.3 is 5.97 Å². The molecule has 0 heterocycles. The van der Waals surface area contributed by atoms with E-state index >= 15 is 0 Å². The standard InChI is InChI=1S/C16H28O2S/c1-4-5-6-7-8-9-10-11-12-13-14-19-16(2,3)15(17)18/h8-9,11-12H,4-7,10,13-14H2,1-3H3,(H,17,18)/b9-8-,12-11-. The van der Waals surface area contributed by atoms with E-state index in [1.54, 1.807) is 13.8 Å². The predicted molar refractivity (Wildman–Crippen MR) is 85.8 cm³/mol. The van der Waals surface area contributed by atoms with Gasteiger partial charge in [0.25, 0.3) is 0 Å². The van der Waals surface area contributed by atoms with E-state index < -0.39 is 10.7 Å². The molecule has 0 aliphatic heterocycles. The second-order valence-electron chi connectivity index (χ2n) is 5.13. The predicted octanol–water partition coefficient (Wildman–Crippen LogP) is 5.06. The second kappa shape index (κ2) is 11.2. The fraction of sp³-hybridized carbons (Fsp3) is 0.688. The van der Waals surface area contributed by atoms with Crippen molar-refractivity contribution in [2.75, 3.05) is 5.75 Å². The zero-order valence-corrected chi connectivity index (χ0v) is 13.3. The Morgan fingerprint density at radius 2 is 1.74 bits per heavy atom. The van der Waals surface area contributed by atoms with Gasteiger partial charge in [-0.2, -0.15) is 0 Å². The molecular formula is C16H28O2S. The summed E-state index contributed by atoms with van der Waals surface area (Å²) < 4.78 is -0.674. The smallest absolute Gasteiger partial charge is 0.319 e. The van der Waals surface area contributed by atoms with Crippen LogP contribution < -0.4 is 0 Å². The fourth-order valence-corrected chi connectivity index (χ4v) is 2.35. The van der Waals surface area contributed by atoms with Gasteiger partial charge in [-0.05, 0) is 45.3 Å². The Balaban J connectivity index is 3.52. The molecule has 0 atom stereocenters. The molecule has 0 rings (SSSR count). The summed E-state index contributed by atoms with van der Waals surface area (Å²) in [5.41, 5.74) is 0. The topological polar surface area (TPSA) is 37.3 Å². The van der Waals surface area contributed by atoms with Crippen LogP contribution in [0.2, 0.25) is 0 Å². The number of unbranched alkanes of at least 4 members (excludes halogenated alkanes) is 3. The molecule has 3 heteroatoms. The van der Waals surface area contributed by atoms with Gasteiger partial charge in [0.15, 0.2) is 0 Å². The summed E-state index contributed by atoms with van der Waals surface area (Å²) >= 11 is 1.50. The van der Waals surface area contributed by atoms with Gasteiger partial charge in [-0.3, -0.25) is 4.79 Å². The number of hydrogen-bond donors (Lipinski definition) is 1. The molecule has 0 aromatic heterocycles. The number of rotatable bonds is 11. The zero-order chi connectivity index (χ0) is 14.6. The van der Waals surface area contributed by atoms with Crippen LogP contribution in [0.25, 0.3) is 0 Å². The van der Waals surface area contributed by atoms with Crippen LogP contribution in [-0.2, 0) is 4.79 Å². The van der Waals surface area contributed by atoms with Crippen molar-refractivity contribution < 1.29 is 9.90 Å². The van der Waals surface area contributed by atoms with Crippen LogP contribution in [0.5, 0.6) is 0 Å². The van der Waals surface area contributed by atoms with Crippen LogP contribution >= 0.6 is 11.8 Å². The molecule has 0 bridgehead atoms. The first-order valence-electron chi connectivity index (χ1n) is 7.18. The van der Waals surface area contributed by atoms with Crippen molar-refractivity contribution in [2.24, 2.45) is 0 Å². The summed E-state index contributed by atoms with van der Waals surface area (Å²) in [5, 5.41) is 8.95. The summed E-state index contributed by atoms with van der Waals surface area (Å²) in [6, 6.07) is 0. The first-order chi connectivity index (χ1) is 9.00. The lowest BCUT2D eigenvalue weighted by atomic mass is 10.2. The third-order valence-corrected chi connectivity index (χ3v) is 4.18. The summed E-state index contributed by atoms with van der Waals surface area (Å²) in [4.78, 5) is 10.9. The highest BCUT2D eigenvalue weighted by Gasteiger charge is 2.26. The summed E-state index contributed by atoms with van der Waals surface area (Å²) in [7, 11) is 0. The molecule has 0 saturated heterocycles. The Morgan fingerprint density at radius 3 is 2.32 bits per heavy atom. The van der Waals surface area contributed by atoms with Crippen molar-refractivity contribution in [3.8, 4) is 0 Å². The van der Waals surface area contributed by atoms with Gasteiger partial charge in [-0.1, -0.05) is 44.1 Å². The molecule has 0 unspecified atom stereocenters. The molecule has 0 radical (unpaired) electrons. The zero-order valence-electron chi connectivity index (χ0n) is 12.5. The Morgan fingerprint density at radius 1 is 1.11 bits per heavy atom. The molecule has 0 aliphatic rings. The van der Waals surface area contributed by atoms with E-state index in [2.05, 4.69) is 31.2 Å². The minimum atomic E-state index is -0.739. The van der Waals surface area contributed by atoms with Gasteiger partial charge in [0.05, 0.1) is 0 Å². The minimum Gasteiger partial charge on any atom is -0.480 e. The Labute approximate surface area is 122 Å².